The lowest BCUT2D eigenvalue weighted by atomic mass is 9.70. The summed E-state index contributed by atoms with van der Waals surface area (Å²) in [6.07, 6.45) is 3.45. The highest BCUT2D eigenvalue weighted by Crippen LogP contribution is 2.39. The van der Waals surface area contributed by atoms with Crippen molar-refractivity contribution in [2.45, 2.75) is 46.1 Å². The van der Waals surface area contributed by atoms with Crippen molar-refractivity contribution in [3.8, 4) is 5.75 Å². The van der Waals surface area contributed by atoms with Crippen LogP contribution in [0.5, 0.6) is 5.75 Å². The van der Waals surface area contributed by atoms with E-state index in [1.807, 2.05) is 0 Å². The summed E-state index contributed by atoms with van der Waals surface area (Å²) in [5.74, 6) is 1.03. The number of anilines is 1. The maximum Gasteiger partial charge on any atom is 0.146 e. The van der Waals surface area contributed by atoms with Gasteiger partial charge in [0, 0.05) is 12.1 Å². The van der Waals surface area contributed by atoms with Crippen molar-refractivity contribution in [2.75, 3.05) is 12.4 Å². The quantitative estimate of drug-likeness (QED) is 0.871. The molecule has 2 atom stereocenters. The molecule has 1 aliphatic carbocycles. The molecule has 0 aliphatic heterocycles. The maximum atomic E-state index is 13.8. The van der Waals surface area contributed by atoms with Gasteiger partial charge in [0.2, 0.25) is 0 Å². The van der Waals surface area contributed by atoms with Crippen LogP contribution in [-0.2, 0) is 0 Å². The molecule has 0 aromatic heterocycles. The SMILES string of the molecule is COc1ccc(F)c(NC2CCC(C)(C)CC2C)c1. The van der Waals surface area contributed by atoms with Crippen molar-refractivity contribution in [3.63, 3.8) is 0 Å². The highest BCUT2D eigenvalue weighted by atomic mass is 19.1. The molecule has 0 heterocycles. The number of halogens is 1. The molecule has 0 amide bonds. The number of rotatable bonds is 3. The van der Waals surface area contributed by atoms with Crippen LogP contribution in [0.1, 0.15) is 40.0 Å². The number of hydrogen-bond acceptors (Lipinski definition) is 2. The molecule has 0 saturated heterocycles. The average Bonchev–Trinajstić information content (AvgIpc) is 2.34. The van der Waals surface area contributed by atoms with Crippen molar-refractivity contribution >= 4 is 5.69 Å². The number of ether oxygens (including phenoxy) is 1. The van der Waals surface area contributed by atoms with Crippen LogP contribution in [0, 0.1) is 17.2 Å². The Morgan fingerprint density at radius 3 is 2.74 bits per heavy atom. The second-order valence-corrected chi connectivity index (χ2v) is 6.48. The molecule has 1 N–H and O–H groups in total. The summed E-state index contributed by atoms with van der Waals surface area (Å²) in [6, 6.07) is 5.18. The van der Waals surface area contributed by atoms with E-state index in [9.17, 15) is 4.39 Å². The molecule has 0 radical (unpaired) electrons. The molecule has 2 unspecified atom stereocenters. The van der Waals surface area contributed by atoms with Crippen molar-refractivity contribution in [3.05, 3.63) is 24.0 Å². The Morgan fingerprint density at radius 1 is 1.37 bits per heavy atom. The van der Waals surface area contributed by atoms with Crippen molar-refractivity contribution in [1.82, 2.24) is 0 Å². The van der Waals surface area contributed by atoms with Crippen LogP contribution in [0.25, 0.3) is 0 Å². The van der Waals surface area contributed by atoms with Gasteiger partial charge in [0.25, 0.3) is 0 Å². The predicted molar refractivity (Wildman–Crippen MR) is 77.2 cm³/mol. The topological polar surface area (TPSA) is 21.3 Å². The van der Waals surface area contributed by atoms with Gasteiger partial charge in [-0.1, -0.05) is 20.8 Å². The van der Waals surface area contributed by atoms with Crippen LogP contribution >= 0.6 is 0 Å². The summed E-state index contributed by atoms with van der Waals surface area (Å²) < 4.78 is 19.0. The fraction of sp³-hybridized carbons (Fsp3) is 0.625. The molecule has 3 heteroatoms. The Morgan fingerprint density at radius 2 is 2.11 bits per heavy atom. The lowest BCUT2D eigenvalue weighted by molar-refractivity contribution is 0.177. The van der Waals surface area contributed by atoms with Gasteiger partial charge in [-0.15, -0.1) is 0 Å². The predicted octanol–water partition coefficient (Wildman–Crippen LogP) is 4.46. The summed E-state index contributed by atoms with van der Waals surface area (Å²) in [7, 11) is 1.60. The molecule has 1 saturated carbocycles. The minimum absolute atomic E-state index is 0.210. The van der Waals surface area contributed by atoms with Gasteiger partial charge in [-0.05, 0) is 42.7 Å². The van der Waals surface area contributed by atoms with E-state index in [1.165, 1.54) is 18.9 Å². The van der Waals surface area contributed by atoms with Gasteiger partial charge in [0.1, 0.15) is 11.6 Å². The highest BCUT2D eigenvalue weighted by molar-refractivity contribution is 5.50. The van der Waals surface area contributed by atoms with Gasteiger partial charge in [-0.3, -0.25) is 0 Å². The normalized spacial score (nSPS) is 25.9. The Bertz CT molecular complexity index is 444. The molecule has 1 aromatic carbocycles. The molecular formula is C16H24FNO. The van der Waals surface area contributed by atoms with Crippen LogP contribution in [0.2, 0.25) is 0 Å². The fourth-order valence-electron chi connectivity index (χ4n) is 3.10. The molecule has 1 aliphatic rings. The Kier molecular flexibility index (Phi) is 4.02. The van der Waals surface area contributed by atoms with Gasteiger partial charge in [-0.25, -0.2) is 4.39 Å². The molecule has 106 valence electrons. The maximum absolute atomic E-state index is 13.8. The lowest BCUT2D eigenvalue weighted by Crippen LogP contribution is -2.37. The smallest absolute Gasteiger partial charge is 0.146 e. The van der Waals surface area contributed by atoms with Crippen LogP contribution < -0.4 is 10.1 Å². The van der Waals surface area contributed by atoms with E-state index in [-0.39, 0.29) is 5.82 Å². The molecule has 19 heavy (non-hydrogen) atoms. The van der Waals surface area contributed by atoms with Crippen LogP contribution in [0.4, 0.5) is 10.1 Å². The van der Waals surface area contributed by atoms with Gasteiger partial charge in [0.15, 0.2) is 0 Å². The third-order valence-electron chi connectivity index (χ3n) is 4.21. The second-order valence-electron chi connectivity index (χ2n) is 6.48. The number of nitrogens with one attached hydrogen (secondary N) is 1. The summed E-state index contributed by atoms with van der Waals surface area (Å²) in [4.78, 5) is 0. The molecule has 0 bridgehead atoms. The van der Waals surface area contributed by atoms with Gasteiger partial charge in [0.05, 0.1) is 12.8 Å². The Labute approximate surface area is 115 Å². The number of benzene rings is 1. The van der Waals surface area contributed by atoms with Gasteiger partial charge in [-0.2, -0.15) is 0 Å². The van der Waals surface area contributed by atoms with Crippen LogP contribution in [0.3, 0.4) is 0 Å². The van der Waals surface area contributed by atoms with E-state index >= 15 is 0 Å². The zero-order valence-electron chi connectivity index (χ0n) is 12.3. The van der Waals surface area contributed by atoms with Crippen molar-refractivity contribution in [1.29, 1.82) is 0 Å². The fourth-order valence-corrected chi connectivity index (χ4v) is 3.10. The largest absolute Gasteiger partial charge is 0.497 e. The van der Waals surface area contributed by atoms with E-state index < -0.39 is 0 Å². The molecular weight excluding hydrogens is 241 g/mol. The first kappa shape index (κ1) is 14.2. The first-order chi connectivity index (χ1) is 8.91. The van der Waals surface area contributed by atoms with Gasteiger partial charge < -0.3 is 10.1 Å². The zero-order valence-corrected chi connectivity index (χ0v) is 12.3. The molecule has 2 nitrogen and oxygen atoms in total. The number of hydrogen-bond donors (Lipinski definition) is 1. The van der Waals surface area contributed by atoms with E-state index in [2.05, 4.69) is 26.1 Å². The third-order valence-corrected chi connectivity index (χ3v) is 4.21. The average molecular weight is 265 g/mol. The van der Waals surface area contributed by atoms with E-state index in [0.29, 0.717) is 28.8 Å². The summed E-state index contributed by atoms with van der Waals surface area (Å²) >= 11 is 0. The summed E-state index contributed by atoms with van der Waals surface area (Å²) in [5.41, 5.74) is 0.959. The first-order valence-electron chi connectivity index (χ1n) is 7.01. The second kappa shape index (κ2) is 5.40. The van der Waals surface area contributed by atoms with Crippen molar-refractivity contribution in [2.24, 2.45) is 11.3 Å². The third kappa shape index (κ3) is 3.40. The van der Waals surface area contributed by atoms with Crippen LogP contribution in [0.15, 0.2) is 18.2 Å². The van der Waals surface area contributed by atoms with Crippen LogP contribution in [-0.4, -0.2) is 13.2 Å². The summed E-state index contributed by atoms with van der Waals surface area (Å²) in [6.45, 7) is 6.87. The lowest BCUT2D eigenvalue weighted by Gasteiger charge is -2.40. The molecule has 1 aromatic rings. The minimum Gasteiger partial charge on any atom is -0.497 e. The Balaban J connectivity index is 2.09. The molecule has 0 spiro atoms. The first-order valence-corrected chi connectivity index (χ1v) is 7.01. The van der Waals surface area contributed by atoms with E-state index in [1.54, 1.807) is 19.2 Å². The minimum atomic E-state index is -0.210. The number of methoxy groups -OCH3 is 1. The summed E-state index contributed by atoms with van der Waals surface area (Å²) in [5, 5.41) is 3.36. The highest BCUT2D eigenvalue weighted by Gasteiger charge is 2.32. The zero-order chi connectivity index (χ0) is 14.0. The molecule has 1 fully saturated rings. The van der Waals surface area contributed by atoms with Gasteiger partial charge >= 0.3 is 0 Å². The van der Waals surface area contributed by atoms with E-state index in [4.69, 9.17) is 4.74 Å². The van der Waals surface area contributed by atoms with E-state index in [0.717, 1.165) is 6.42 Å². The standard InChI is InChI=1S/C16H24FNO/c1-11-10-16(2,3)8-7-14(11)18-15-9-12(19-4)5-6-13(15)17/h5-6,9,11,14,18H,7-8,10H2,1-4H3. The Hall–Kier alpha value is -1.25. The van der Waals surface area contributed by atoms with Crippen molar-refractivity contribution < 1.29 is 9.13 Å². The molecule has 2 rings (SSSR count). The monoisotopic (exact) mass is 265 g/mol.